The van der Waals surface area contributed by atoms with E-state index >= 15 is 0 Å². The summed E-state index contributed by atoms with van der Waals surface area (Å²) in [6.45, 7) is 9.04. The van der Waals surface area contributed by atoms with Crippen LogP contribution in [0.4, 0.5) is 22.9 Å². The topological polar surface area (TPSA) is 36.4 Å². The molecule has 4 saturated carbocycles. The number of fused-ring (bicyclic) bond motifs is 2. The predicted molar refractivity (Wildman–Crippen MR) is 148 cm³/mol. The Morgan fingerprint density at radius 3 is 2.33 bits per heavy atom. The Hall–Kier alpha value is -2.30. The third-order valence-electron chi connectivity index (χ3n) is 9.96. The lowest BCUT2D eigenvalue weighted by Gasteiger charge is -2.58. The van der Waals surface area contributed by atoms with Gasteiger partial charge in [0.15, 0.2) is 5.49 Å². The van der Waals surface area contributed by atoms with Gasteiger partial charge >= 0.3 is 5.82 Å². The van der Waals surface area contributed by atoms with Crippen molar-refractivity contribution in [3.05, 3.63) is 35.8 Å². The molecule has 0 amide bonds. The number of aromatic nitrogens is 2. The Bertz CT molecular complexity index is 1140. The Labute approximate surface area is 217 Å². The van der Waals surface area contributed by atoms with Gasteiger partial charge in [0.05, 0.1) is 11.7 Å². The van der Waals surface area contributed by atoms with Gasteiger partial charge in [-0.2, -0.15) is 4.68 Å². The number of nitrogens with zero attached hydrogens (tertiary/aromatic N) is 4. The van der Waals surface area contributed by atoms with Crippen molar-refractivity contribution in [1.82, 2.24) is 4.68 Å². The number of nitrogens with one attached hydrogen (secondary N) is 1. The van der Waals surface area contributed by atoms with Gasteiger partial charge in [-0.15, -0.1) is 0 Å². The first-order chi connectivity index (χ1) is 17.5. The van der Waals surface area contributed by atoms with Crippen molar-refractivity contribution in [3.63, 3.8) is 0 Å². The lowest BCUT2D eigenvalue weighted by molar-refractivity contribution is -0.765. The van der Waals surface area contributed by atoms with Gasteiger partial charge in [0.25, 0.3) is 0 Å². The van der Waals surface area contributed by atoms with Crippen LogP contribution in [0.15, 0.2) is 35.3 Å². The number of unbranched alkanes of at least 4 members (excludes halogenated alkanes) is 2. The summed E-state index contributed by atoms with van der Waals surface area (Å²) < 4.78 is 4.80. The molecule has 2 aromatic rings. The van der Waals surface area contributed by atoms with Crippen LogP contribution in [0.5, 0.6) is 0 Å². The van der Waals surface area contributed by atoms with E-state index in [4.69, 9.17) is 4.99 Å². The maximum Gasteiger partial charge on any atom is 0.323 e. The molecule has 0 saturated heterocycles. The molecule has 5 nitrogen and oxygen atoms in total. The van der Waals surface area contributed by atoms with E-state index < -0.39 is 0 Å². The first-order valence-corrected chi connectivity index (χ1v) is 14.8. The normalized spacial score (nSPS) is 29.2. The fourth-order valence-corrected chi connectivity index (χ4v) is 8.37. The highest BCUT2D eigenvalue weighted by atomic mass is 15.4. The van der Waals surface area contributed by atoms with Gasteiger partial charge in [0, 0.05) is 19.7 Å². The molecule has 1 unspecified atom stereocenters. The van der Waals surface area contributed by atoms with Gasteiger partial charge < -0.3 is 4.90 Å². The van der Waals surface area contributed by atoms with Crippen LogP contribution in [-0.4, -0.2) is 17.3 Å². The smallest absolute Gasteiger partial charge is 0.323 e. The summed E-state index contributed by atoms with van der Waals surface area (Å²) >= 11 is 0. The average molecular weight is 489 g/mol. The second-order valence-electron chi connectivity index (χ2n) is 12.5. The van der Waals surface area contributed by atoms with E-state index in [2.05, 4.69) is 77.7 Å². The minimum absolute atomic E-state index is 0.378. The monoisotopic (exact) mass is 488 g/mol. The number of hydrogen-bond donors (Lipinski definition) is 1. The fourth-order valence-electron chi connectivity index (χ4n) is 8.37. The molecule has 1 aromatic heterocycles. The van der Waals surface area contributed by atoms with Gasteiger partial charge in [-0.05, 0) is 93.6 Å². The molecule has 5 heteroatoms. The van der Waals surface area contributed by atoms with Crippen molar-refractivity contribution in [2.45, 2.75) is 97.6 Å². The SMILES string of the molecule is CCCCN1c2ccccc2Nc2c1cc(=NC(C)C13CC4CC(CC(C4)C1)C3)n(C)[n+]2CCCC. The van der Waals surface area contributed by atoms with Crippen LogP contribution >= 0.6 is 0 Å². The lowest BCUT2D eigenvalue weighted by atomic mass is 9.48. The van der Waals surface area contributed by atoms with E-state index in [0.29, 0.717) is 11.5 Å². The molecule has 1 aliphatic heterocycles. The Balaban J connectivity index is 1.45. The van der Waals surface area contributed by atoms with E-state index in [9.17, 15) is 0 Å². The molecular formula is C31H46N5+. The maximum absolute atomic E-state index is 5.58. The van der Waals surface area contributed by atoms with Crippen molar-refractivity contribution >= 4 is 22.9 Å². The van der Waals surface area contributed by atoms with Crippen molar-refractivity contribution < 1.29 is 4.68 Å². The summed E-state index contributed by atoms with van der Waals surface area (Å²) in [6.07, 6.45) is 13.4. The highest BCUT2D eigenvalue weighted by molar-refractivity contribution is 5.88. The fraction of sp³-hybridized carbons (Fsp3) is 0.677. The Morgan fingerprint density at radius 1 is 1.00 bits per heavy atom. The van der Waals surface area contributed by atoms with Crippen LogP contribution < -0.4 is 20.4 Å². The molecule has 2 heterocycles. The van der Waals surface area contributed by atoms with Crippen molar-refractivity contribution in [2.75, 3.05) is 16.8 Å². The second kappa shape index (κ2) is 9.54. The van der Waals surface area contributed by atoms with Crippen molar-refractivity contribution in [2.24, 2.45) is 35.2 Å². The zero-order chi connectivity index (χ0) is 24.9. The van der Waals surface area contributed by atoms with E-state index in [0.717, 1.165) is 42.8 Å². The van der Waals surface area contributed by atoms with Gasteiger partial charge in [-0.25, -0.2) is 10.00 Å². The molecule has 194 valence electrons. The van der Waals surface area contributed by atoms with Gasteiger partial charge in [-0.1, -0.05) is 38.8 Å². The Kier molecular flexibility index (Phi) is 6.37. The zero-order valence-corrected chi connectivity index (χ0v) is 23.0. The summed E-state index contributed by atoms with van der Waals surface area (Å²) in [5.41, 5.74) is 5.34. The third-order valence-corrected chi connectivity index (χ3v) is 9.96. The molecule has 0 spiro atoms. The lowest BCUT2D eigenvalue weighted by Crippen LogP contribution is -2.55. The second-order valence-corrected chi connectivity index (χ2v) is 12.5. The number of benzene rings is 1. The molecular weight excluding hydrogens is 442 g/mol. The van der Waals surface area contributed by atoms with E-state index in [1.165, 1.54) is 80.7 Å². The summed E-state index contributed by atoms with van der Waals surface area (Å²) in [5, 5.41) is 3.81. The average Bonchev–Trinajstić information content (AvgIpc) is 2.86. The Morgan fingerprint density at radius 2 is 1.67 bits per heavy atom. The highest BCUT2D eigenvalue weighted by Crippen LogP contribution is 2.61. The van der Waals surface area contributed by atoms with Gasteiger partial charge in [0.1, 0.15) is 17.9 Å². The van der Waals surface area contributed by atoms with Crippen LogP contribution in [0.3, 0.4) is 0 Å². The van der Waals surface area contributed by atoms with E-state index in [1.54, 1.807) is 0 Å². The van der Waals surface area contributed by atoms with Crippen LogP contribution in [0.25, 0.3) is 0 Å². The van der Waals surface area contributed by atoms with Crippen LogP contribution in [0.1, 0.15) is 85.0 Å². The quantitative estimate of drug-likeness (QED) is 0.424. The molecule has 5 aliphatic rings. The highest BCUT2D eigenvalue weighted by Gasteiger charge is 2.53. The molecule has 0 radical (unpaired) electrons. The van der Waals surface area contributed by atoms with Crippen LogP contribution in [0.2, 0.25) is 0 Å². The van der Waals surface area contributed by atoms with Crippen LogP contribution in [0, 0.1) is 23.2 Å². The predicted octanol–water partition coefficient (Wildman–Crippen LogP) is 6.61. The summed E-state index contributed by atoms with van der Waals surface area (Å²) in [7, 11) is 2.22. The number of para-hydroxylation sites is 2. The molecule has 1 aromatic carbocycles. The minimum atomic E-state index is 0.378. The summed E-state index contributed by atoms with van der Waals surface area (Å²) in [4.78, 5) is 8.13. The number of hydrogen-bond acceptors (Lipinski definition) is 3. The van der Waals surface area contributed by atoms with Gasteiger partial charge in [-0.3, -0.25) is 4.99 Å². The molecule has 4 fully saturated rings. The molecule has 4 aliphatic carbocycles. The van der Waals surface area contributed by atoms with E-state index in [1.807, 2.05) is 0 Å². The van der Waals surface area contributed by atoms with Gasteiger partial charge in [0.2, 0.25) is 0 Å². The molecule has 36 heavy (non-hydrogen) atoms. The minimum Gasteiger partial charge on any atom is -0.331 e. The molecule has 1 N–H and O–H groups in total. The first kappa shape index (κ1) is 24.1. The van der Waals surface area contributed by atoms with Crippen LogP contribution in [-0.2, 0) is 13.6 Å². The van der Waals surface area contributed by atoms with E-state index in [-0.39, 0.29) is 0 Å². The number of anilines is 4. The summed E-state index contributed by atoms with van der Waals surface area (Å²) in [6, 6.07) is 11.5. The largest absolute Gasteiger partial charge is 0.331 e. The maximum atomic E-state index is 5.58. The number of rotatable bonds is 8. The van der Waals surface area contributed by atoms with Crippen molar-refractivity contribution in [3.8, 4) is 0 Å². The zero-order valence-electron chi connectivity index (χ0n) is 23.0. The summed E-state index contributed by atoms with van der Waals surface area (Å²) in [5.74, 6) is 4.10. The molecule has 1 atom stereocenters. The van der Waals surface area contributed by atoms with Crippen molar-refractivity contribution in [1.29, 1.82) is 0 Å². The third kappa shape index (κ3) is 4.07. The first-order valence-electron chi connectivity index (χ1n) is 14.8. The standard InChI is InChI=1S/C31H45N5/c1-5-7-13-35-27-12-10-9-11-26(27)33-30-28(35)18-29(34(4)36(30)14-8-6-2)32-22(3)31-19-23-15-24(20-31)17-25(16-23)21-31/h9-12,18,22-25H,5-8,13-17,19-21H2,1-4H3/p+1. The molecule has 4 bridgehead atoms. The molecule has 7 rings (SSSR count).